The number of amides is 4. The minimum absolute atomic E-state index is 0.0555. The van der Waals surface area contributed by atoms with E-state index in [9.17, 15) is 19.2 Å². The highest BCUT2D eigenvalue weighted by Crippen LogP contribution is 2.50. The van der Waals surface area contributed by atoms with E-state index in [0.717, 1.165) is 52.7 Å². The molecule has 5 unspecified atom stereocenters. The lowest BCUT2D eigenvalue weighted by Crippen LogP contribution is -2.57. The Morgan fingerprint density at radius 2 is 1.71 bits per heavy atom. The molecule has 4 aromatic heterocycles. The number of thiazole rings is 1. The Morgan fingerprint density at radius 1 is 0.956 bits per heavy atom. The van der Waals surface area contributed by atoms with E-state index in [0.29, 0.717) is 64.5 Å². The van der Waals surface area contributed by atoms with Crippen LogP contribution in [-0.2, 0) is 25.6 Å². The van der Waals surface area contributed by atoms with Gasteiger partial charge in [-0.1, -0.05) is 19.9 Å². The number of methoxy groups -OCH3 is 2. The van der Waals surface area contributed by atoms with Gasteiger partial charge in [-0.3, -0.25) is 14.2 Å². The molecule has 0 spiro atoms. The number of H-pyrrole nitrogens is 2. The largest absolute Gasteiger partial charge is 0.464 e. The summed E-state index contributed by atoms with van der Waals surface area (Å²) in [7, 11) is 2.40. The Hall–Kier alpha value is -6.83. The lowest BCUT2D eigenvalue weighted by atomic mass is 9.99. The Morgan fingerprint density at radius 3 is 2.43 bits per heavy atom. The fraction of sp³-hybridized carbons (Fsp3) is 0.438. The molecule has 2 aliphatic heterocycles. The van der Waals surface area contributed by atoms with Crippen LogP contribution in [0.5, 0.6) is 5.75 Å². The van der Waals surface area contributed by atoms with Gasteiger partial charge < -0.3 is 44.6 Å². The zero-order valence-electron chi connectivity index (χ0n) is 38.4. The SMILES string of the molecule is COC(=O)NCC(=O)N1CCCC1c1ncc(-c2cc(F)c3c(c2)OC(c2cnc(C4CC4)s2)n2c-3cc3cc(-c4cnc(CN(C(=O)C(NC(=O)OC)C(C)(C)F)C5C(C)[C@H]5C)[nH]4)ccc32)[nH]1. The molecule has 2 aromatic carbocycles. The normalized spacial score (nSPS) is 21.1. The summed E-state index contributed by atoms with van der Waals surface area (Å²) in [5, 5.41) is 6.71. The molecule has 6 aromatic rings. The number of fused-ring (bicyclic) bond motifs is 5. The van der Waals surface area contributed by atoms with Crippen LogP contribution in [0.2, 0.25) is 0 Å². The zero-order valence-corrected chi connectivity index (χ0v) is 39.2. The molecule has 2 saturated carbocycles. The molecule has 0 radical (unpaired) electrons. The Balaban J connectivity index is 0.962. The molecule has 4 aliphatic rings. The number of carbonyl (C=O) groups excluding carboxylic acids is 4. The lowest BCUT2D eigenvalue weighted by Gasteiger charge is -2.32. The zero-order chi connectivity index (χ0) is 47.8. The van der Waals surface area contributed by atoms with Gasteiger partial charge in [0, 0.05) is 41.2 Å². The van der Waals surface area contributed by atoms with Crippen molar-refractivity contribution in [2.24, 2.45) is 11.8 Å². The van der Waals surface area contributed by atoms with Gasteiger partial charge in [0.15, 0.2) is 0 Å². The van der Waals surface area contributed by atoms with Gasteiger partial charge in [0.1, 0.15) is 41.5 Å². The van der Waals surface area contributed by atoms with E-state index in [4.69, 9.17) is 14.5 Å². The number of alkyl halides is 1. The molecule has 17 nitrogen and oxygen atoms in total. The van der Waals surface area contributed by atoms with Crippen LogP contribution >= 0.6 is 11.3 Å². The lowest BCUT2D eigenvalue weighted by molar-refractivity contribution is -0.138. The highest BCUT2D eigenvalue weighted by Gasteiger charge is 2.52. The van der Waals surface area contributed by atoms with E-state index in [1.54, 1.807) is 33.5 Å². The molecular formula is C48H52F2N10O7S. The maximum absolute atomic E-state index is 16.8. The number of rotatable bonds is 13. The van der Waals surface area contributed by atoms with Gasteiger partial charge in [0.2, 0.25) is 18.0 Å². The summed E-state index contributed by atoms with van der Waals surface area (Å²) >= 11 is 1.60. The van der Waals surface area contributed by atoms with Crippen LogP contribution in [0.4, 0.5) is 18.4 Å². The number of benzene rings is 2. The van der Waals surface area contributed by atoms with Crippen LogP contribution in [0.15, 0.2) is 55.0 Å². The number of carbonyl (C=O) groups is 4. The molecule has 68 heavy (non-hydrogen) atoms. The summed E-state index contributed by atoms with van der Waals surface area (Å²) in [6.45, 7) is 6.90. The molecule has 10 rings (SSSR count). The number of aromatic nitrogens is 6. The molecular weight excluding hydrogens is 899 g/mol. The molecule has 6 atom stereocenters. The van der Waals surface area contributed by atoms with Crippen LogP contribution in [0.3, 0.4) is 0 Å². The highest BCUT2D eigenvalue weighted by molar-refractivity contribution is 7.11. The number of likely N-dealkylation sites (tertiary alicyclic amines) is 1. The van der Waals surface area contributed by atoms with E-state index >= 15 is 8.78 Å². The number of nitrogens with zero attached hydrogens (tertiary/aromatic N) is 6. The van der Waals surface area contributed by atoms with Crippen molar-refractivity contribution in [3.8, 4) is 39.5 Å². The second kappa shape index (κ2) is 17.4. The number of nitrogens with one attached hydrogen (secondary N) is 4. The van der Waals surface area contributed by atoms with Crippen LogP contribution in [-0.4, -0.2) is 108 Å². The van der Waals surface area contributed by atoms with Crippen LogP contribution < -0.4 is 15.4 Å². The number of halogens is 2. The Bertz CT molecular complexity index is 2940. The first-order valence-electron chi connectivity index (χ1n) is 22.8. The van der Waals surface area contributed by atoms with Crippen molar-refractivity contribution in [2.45, 2.75) is 95.9 Å². The first kappa shape index (κ1) is 45.0. The van der Waals surface area contributed by atoms with Gasteiger partial charge in [-0.25, -0.2) is 33.3 Å². The number of ether oxygens (including phenoxy) is 3. The van der Waals surface area contributed by atoms with Gasteiger partial charge in [0.25, 0.3) is 0 Å². The highest BCUT2D eigenvalue weighted by atomic mass is 32.1. The summed E-state index contributed by atoms with van der Waals surface area (Å²) < 4.78 is 50.5. The summed E-state index contributed by atoms with van der Waals surface area (Å²) in [5.41, 5.74) is 2.18. The predicted molar refractivity (Wildman–Crippen MR) is 247 cm³/mol. The molecule has 0 bridgehead atoms. The van der Waals surface area contributed by atoms with Crippen molar-refractivity contribution in [3.63, 3.8) is 0 Å². The molecule has 3 fully saturated rings. The summed E-state index contributed by atoms with van der Waals surface area (Å²) in [5.74, 6) is 0.792. The van der Waals surface area contributed by atoms with E-state index < -0.39 is 41.8 Å². The van der Waals surface area contributed by atoms with E-state index in [1.807, 2.05) is 54.9 Å². The molecule has 2 aliphatic carbocycles. The molecule has 6 heterocycles. The number of hydrogen-bond acceptors (Lipinski definition) is 11. The minimum atomic E-state index is -2.08. The van der Waals surface area contributed by atoms with Gasteiger partial charge in [-0.05, 0) is 81.7 Å². The average Bonchev–Trinajstić information content (AvgIpc) is 3.79. The van der Waals surface area contributed by atoms with Gasteiger partial charge in [-0.15, -0.1) is 11.3 Å². The smallest absolute Gasteiger partial charge is 0.407 e. The Labute approximate surface area is 394 Å². The Kier molecular flexibility index (Phi) is 11.5. The minimum Gasteiger partial charge on any atom is -0.464 e. The monoisotopic (exact) mass is 950 g/mol. The van der Waals surface area contributed by atoms with Crippen LogP contribution in [0.1, 0.15) is 93.1 Å². The molecule has 356 valence electrons. The van der Waals surface area contributed by atoms with Crippen molar-refractivity contribution in [2.75, 3.05) is 27.3 Å². The molecule has 4 N–H and O–H groups in total. The molecule has 4 amide bonds. The first-order valence-corrected chi connectivity index (χ1v) is 23.6. The van der Waals surface area contributed by atoms with E-state index in [2.05, 4.69) is 35.3 Å². The third-order valence-electron chi connectivity index (χ3n) is 13.7. The van der Waals surface area contributed by atoms with Crippen molar-refractivity contribution in [1.29, 1.82) is 0 Å². The predicted octanol–water partition coefficient (Wildman–Crippen LogP) is 7.98. The van der Waals surface area contributed by atoms with Crippen molar-refractivity contribution in [3.05, 3.63) is 82.3 Å². The standard InChI is InChI=1S/C48H52F2N10O7S/c1-23-24(2)40(23)59(44(62)41(48(3,4)50)57-47(64)66-6)22-37-51-18-30(55-37)26-11-12-32-28(14-26)16-34-39-29(49)15-27(17-35(39)67-45(60(32)34)36-20-53-43(68-36)25-9-10-25)31-19-52-42(56-31)33-8-7-13-58(33)38(61)21-54-46(63)65-5/h11-12,14-20,23-25,33,40-41,45H,7-10,13,21-22H2,1-6H3,(H,51,55)(H,52,56)(H,54,63)(H,57,64)/t23-,24?,33?,40?,41?,45?/m1/s1. The average molecular weight is 951 g/mol. The fourth-order valence-corrected chi connectivity index (χ4v) is 10.8. The van der Waals surface area contributed by atoms with Crippen LogP contribution in [0.25, 0.3) is 44.7 Å². The number of hydrogen-bond donors (Lipinski definition) is 4. The summed E-state index contributed by atoms with van der Waals surface area (Å²) in [4.78, 5) is 75.8. The third-order valence-corrected chi connectivity index (χ3v) is 14.9. The summed E-state index contributed by atoms with van der Waals surface area (Å²) in [6, 6.07) is 9.11. The van der Waals surface area contributed by atoms with Gasteiger partial charge in [0.05, 0.1) is 77.2 Å². The van der Waals surface area contributed by atoms with E-state index in [1.165, 1.54) is 27.0 Å². The quantitative estimate of drug-likeness (QED) is 0.0880. The number of alkyl carbamates (subject to hydrolysis) is 2. The topological polar surface area (TPSA) is 202 Å². The maximum atomic E-state index is 16.8. The molecule has 1 saturated heterocycles. The van der Waals surface area contributed by atoms with Crippen LogP contribution in [0, 0.1) is 17.7 Å². The van der Waals surface area contributed by atoms with E-state index in [-0.39, 0.29) is 42.9 Å². The first-order chi connectivity index (χ1) is 32.6. The van der Waals surface area contributed by atoms with Crippen molar-refractivity contribution < 1.29 is 42.2 Å². The number of aromatic amines is 2. The fourth-order valence-electron chi connectivity index (χ4n) is 9.70. The number of imidazole rings is 2. The van der Waals surface area contributed by atoms with Crippen molar-refractivity contribution in [1.82, 2.24) is 49.9 Å². The summed E-state index contributed by atoms with van der Waals surface area (Å²) in [6.07, 6.45) is 6.51. The molecule has 20 heteroatoms. The maximum Gasteiger partial charge on any atom is 0.407 e. The van der Waals surface area contributed by atoms with Crippen molar-refractivity contribution >= 4 is 46.2 Å². The third kappa shape index (κ3) is 8.32. The second-order valence-corrected chi connectivity index (χ2v) is 19.8. The van der Waals surface area contributed by atoms with Gasteiger partial charge in [-0.2, -0.15) is 0 Å². The second-order valence-electron chi connectivity index (χ2n) is 18.7. The van der Waals surface area contributed by atoms with Gasteiger partial charge >= 0.3 is 12.2 Å².